The van der Waals surface area contributed by atoms with E-state index in [2.05, 4.69) is 0 Å². The number of epoxide rings is 1. The number of aliphatic hydroxyl groups excluding tert-OH is 5. The van der Waals surface area contributed by atoms with E-state index in [1.807, 2.05) is 51.2 Å². The molecular formula is C32H52O8. The highest BCUT2D eigenvalue weighted by Gasteiger charge is 2.49. The van der Waals surface area contributed by atoms with Crippen molar-refractivity contribution in [1.82, 2.24) is 0 Å². The van der Waals surface area contributed by atoms with Crippen molar-refractivity contribution in [3.05, 3.63) is 47.6 Å². The maximum absolute atomic E-state index is 12.9. The molecule has 40 heavy (non-hydrogen) atoms. The van der Waals surface area contributed by atoms with Crippen molar-refractivity contribution in [2.45, 2.75) is 123 Å². The summed E-state index contributed by atoms with van der Waals surface area (Å²) in [6, 6.07) is 0. The van der Waals surface area contributed by atoms with Gasteiger partial charge in [0.2, 0.25) is 0 Å². The zero-order valence-electron chi connectivity index (χ0n) is 25.2. The molecule has 2 rings (SSSR count). The molecule has 228 valence electrons. The third-order valence-corrected chi connectivity index (χ3v) is 8.41. The van der Waals surface area contributed by atoms with E-state index in [4.69, 9.17) is 9.47 Å². The van der Waals surface area contributed by atoms with Gasteiger partial charge in [-0.3, -0.25) is 0 Å². The minimum atomic E-state index is -0.814. The molecule has 12 atom stereocenters. The minimum Gasteiger partial charge on any atom is -0.458 e. The predicted molar refractivity (Wildman–Crippen MR) is 155 cm³/mol. The van der Waals surface area contributed by atoms with Gasteiger partial charge in [0, 0.05) is 29.7 Å². The molecule has 0 amide bonds. The number of rotatable bonds is 9. The first kappa shape index (κ1) is 34.4. The number of ether oxygens (including phenoxy) is 2. The van der Waals surface area contributed by atoms with Crippen LogP contribution in [0.25, 0.3) is 0 Å². The Morgan fingerprint density at radius 3 is 2.23 bits per heavy atom. The average Bonchev–Trinajstić information content (AvgIpc) is 3.70. The normalized spacial score (nSPS) is 36.5. The number of fused-ring (bicyclic) bond motifs is 1. The van der Waals surface area contributed by atoms with E-state index in [-0.39, 0.29) is 17.8 Å². The van der Waals surface area contributed by atoms with Crippen LogP contribution in [0.5, 0.6) is 0 Å². The second kappa shape index (κ2) is 16.0. The molecule has 8 heteroatoms. The maximum atomic E-state index is 12.9. The fourth-order valence-corrected chi connectivity index (χ4v) is 5.11. The van der Waals surface area contributed by atoms with Crippen LogP contribution in [0.3, 0.4) is 0 Å². The Morgan fingerprint density at radius 1 is 0.950 bits per heavy atom. The first-order valence-corrected chi connectivity index (χ1v) is 14.7. The smallest absolute Gasteiger partial charge is 0.334 e. The molecule has 2 aliphatic rings. The van der Waals surface area contributed by atoms with E-state index < -0.39 is 60.7 Å². The van der Waals surface area contributed by atoms with Crippen molar-refractivity contribution in [2.75, 3.05) is 0 Å². The summed E-state index contributed by atoms with van der Waals surface area (Å²) in [5.74, 6) is -1.36. The van der Waals surface area contributed by atoms with Gasteiger partial charge in [0.25, 0.3) is 0 Å². The number of cyclic esters (lactones) is 1. The topological polar surface area (TPSA) is 140 Å². The second-order valence-electron chi connectivity index (χ2n) is 12.0. The minimum absolute atomic E-state index is 0.0140. The molecule has 0 unspecified atom stereocenters. The molecule has 2 heterocycles. The van der Waals surface area contributed by atoms with Gasteiger partial charge >= 0.3 is 5.97 Å². The number of allylic oxidation sites excluding steroid dienone is 3. The zero-order valence-corrected chi connectivity index (χ0v) is 25.2. The van der Waals surface area contributed by atoms with Crippen LogP contribution < -0.4 is 0 Å². The van der Waals surface area contributed by atoms with Gasteiger partial charge in [0.15, 0.2) is 0 Å². The predicted octanol–water partition coefficient (Wildman–Crippen LogP) is 3.61. The van der Waals surface area contributed by atoms with Gasteiger partial charge in [-0.1, -0.05) is 63.6 Å². The van der Waals surface area contributed by atoms with Crippen LogP contribution in [0.1, 0.15) is 74.1 Å². The van der Waals surface area contributed by atoms with Crippen molar-refractivity contribution >= 4 is 5.97 Å². The monoisotopic (exact) mass is 564 g/mol. The van der Waals surface area contributed by atoms with E-state index in [0.29, 0.717) is 31.3 Å². The fraction of sp³-hybridized carbons (Fsp3) is 0.719. The Balaban J connectivity index is 2.07. The van der Waals surface area contributed by atoms with E-state index in [1.54, 1.807) is 33.8 Å². The Labute approximate surface area is 240 Å². The largest absolute Gasteiger partial charge is 0.458 e. The summed E-state index contributed by atoms with van der Waals surface area (Å²) in [5, 5.41) is 51.8. The van der Waals surface area contributed by atoms with Crippen LogP contribution in [0, 0.1) is 23.7 Å². The second-order valence-corrected chi connectivity index (χ2v) is 12.0. The SMILES string of the molecule is CC1=C/[C@@H](C)[C@H](O)[C@@H]2O[C@H]2[C@H](O)C/C=C/C[C@@H]([C@@H](C)C/C=C/C[C@H](O)[C@@H](C)[C@H](O)[C@@H](C)[C@H](C)O)OC(=O)/C(C)=C\1. The molecule has 2 aliphatic heterocycles. The molecule has 0 bridgehead atoms. The van der Waals surface area contributed by atoms with Crippen molar-refractivity contribution in [3.8, 4) is 0 Å². The number of carbonyl (C=O) groups is 1. The number of esters is 1. The summed E-state index contributed by atoms with van der Waals surface area (Å²) in [6.45, 7) is 12.6. The molecule has 0 aromatic carbocycles. The summed E-state index contributed by atoms with van der Waals surface area (Å²) >= 11 is 0. The van der Waals surface area contributed by atoms with Gasteiger partial charge in [0.1, 0.15) is 18.3 Å². The quantitative estimate of drug-likeness (QED) is 0.163. The Morgan fingerprint density at radius 2 is 1.57 bits per heavy atom. The van der Waals surface area contributed by atoms with Crippen molar-refractivity contribution < 1.29 is 39.8 Å². The first-order chi connectivity index (χ1) is 18.7. The van der Waals surface area contributed by atoms with Crippen LogP contribution in [-0.2, 0) is 14.3 Å². The summed E-state index contributed by atoms with van der Waals surface area (Å²) < 4.78 is 11.5. The molecule has 0 spiro atoms. The summed E-state index contributed by atoms with van der Waals surface area (Å²) in [5.41, 5.74) is 1.30. The van der Waals surface area contributed by atoms with Gasteiger partial charge < -0.3 is 35.0 Å². The lowest BCUT2D eigenvalue weighted by molar-refractivity contribution is -0.146. The van der Waals surface area contributed by atoms with Crippen LogP contribution >= 0.6 is 0 Å². The molecule has 1 fully saturated rings. The van der Waals surface area contributed by atoms with E-state index >= 15 is 0 Å². The fourth-order valence-electron chi connectivity index (χ4n) is 5.11. The standard InChI is InChI=1S/C32H52O8/c1-18-16-20(3)28(36)31-30(40-31)26(35)14-10-11-15-27(39-32(38)21(4)17-18)19(2)12-8-9-13-25(34)23(6)29(37)22(5)24(7)33/h8-11,16-17,19-20,22-31,33-37H,12-15H2,1-7H3/b9-8+,11-10+,18-16-,21-17-/t19-,20+,22-,23+,24-,25-,26+,27-,28-,29+,30-,31-/m0/s1. The number of hydrogen-bond donors (Lipinski definition) is 5. The Bertz CT molecular complexity index is 922. The third-order valence-electron chi connectivity index (χ3n) is 8.41. The molecule has 0 radical (unpaired) electrons. The van der Waals surface area contributed by atoms with Gasteiger partial charge in [-0.05, 0) is 52.0 Å². The van der Waals surface area contributed by atoms with E-state index in [1.165, 1.54) is 0 Å². The van der Waals surface area contributed by atoms with Crippen LogP contribution in [-0.4, -0.2) is 80.3 Å². The lowest BCUT2D eigenvalue weighted by Crippen LogP contribution is -2.38. The highest BCUT2D eigenvalue weighted by atomic mass is 16.6. The summed E-state index contributed by atoms with van der Waals surface area (Å²) in [7, 11) is 0. The van der Waals surface area contributed by atoms with Crippen LogP contribution in [0.2, 0.25) is 0 Å². The third kappa shape index (κ3) is 10.2. The van der Waals surface area contributed by atoms with Crippen molar-refractivity contribution in [1.29, 1.82) is 0 Å². The molecular weight excluding hydrogens is 512 g/mol. The lowest BCUT2D eigenvalue weighted by Gasteiger charge is -2.29. The molecule has 5 N–H and O–H groups in total. The highest BCUT2D eigenvalue weighted by Crippen LogP contribution is 2.34. The van der Waals surface area contributed by atoms with Crippen molar-refractivity contribution in [2.24, 2.45) is 23.7 Å². The lowest BCUT2D eigenvalue weighted by atomic mass is 9.85. The van der Waals surface area contributed by atoms with E-state index in [9.17, 15) is 30.3 Å². The molecule has 1 saturated heterocycles. The maximum Gasteiger partial charge on any atom is 0.334 e. The molecule has 0 aromatic rings. The highest BCUT2D eigenvalue weighted by molar-refractivity contribution is 5.88. The van der Waals surface area contributed by atoms with Gasteiger partial charge in [-0.2, -0.15) is 0 Å². The van der Waals surface area contributed by atoms with Gasteiger partial charge in [-0.25, -0.2) is 4.79 Å². The summed E-state index contributed by atoms with van der Waals surface area (Å²) in [4.78, 5) is 12.9. The number of aliphatic hydroxyl groups is 5. The summed E-state index contributed by atoms with van der Waals surface area (Å²) in [6.07, 6.45) is 8.20. The number of carbonyl (C=O) groups excluding carboxylic acids is 1. The molecule has 0 aromatic heterocycles. The Kier molecular flexibility index (Phi) is 13.7. The Hall–Kier alpha value is -1.81. The van der Waals surface area contributed by atoms with Crippen LogP contribution in [0.15, 0.2) is 47.6 Å². The zero-order chi connectivity index (χ0) is 30.1. The first-order valence-electron chi connectivity index (χ1n) is 14.7. The molecule has 0 aliphatic carbocycles. The van der Waals surface area contributed by atoms with Gasteiger partial charge in [-0.15, -0.1) is 0 Å². The number of hydrogen-bond acceptors (Lipinski definition) is 8. The molecule has 8 nitrogen and oxygen atoms in total. The van der Waals surface area contributed by atoms with Gasteiger partial charge in [0.05, 0.1) is 30.5 Å². The van der Waals surface area contributed by atoms with E-state index in [0.717, 1.165) is 5.57 Å². The molecule has 0 saturated carbocycles. The van der Waals surface area contributed by atoms with Crippen molar-refractivity contribution in [3.63, 3.8) is 0 Å². The average molecular weight is 565 g/mol. The van der Waals surface area contributed by atoms with Crippen LogP contribution in [0.4, 0.5) is 0 Å².